The minimum Gasteiger partial charge on any atom is -0.497 e. The van der Waals surface area contributed by atoms with E-state index in [-0.39, 0.29) is 5.91 Å². The summed E-state index contributed by atoms with van der Waals surface area (Å²) >= 11 is 0. The summed E-state index contributed by atoms with van der Waals surface area (Å²) in [5.41, 5.74) is 2.09. The molecule has 0 radical (unpaired) electrons. The molecule has 26 heavy (non-hydrogen) atoms. The first-order valence-corrected chi connectivity index (χ1v) is 8.08. The third-order valence-electron chi connectivity index (χ3n) is 3.80. The number of nitrogens with one attached hydrogen (secondary N) is 2. The van der Waals surface area contributed by atoms with Crippen LogP contribution < -0.4 is 20.1 Å². The van der Waals surface area contributed by atoms with Gasteiger partial charge in [-0.3, -0.25) is 4.79 Å². The van der Waals surface area contributed by atoms with Gasteiger partial charge in [0.1, 0.15) is 17.3 Å². The Morgan fingerprint density at radius 1 is 0.962 bits per heavy atom. The first kappa shape index (κ1) is 17.4. The Morgan fingerprint density at radius 3 is 2.19 bits per heavy atom. The van der Waals surface area contributed by atoms with Crippen molar-refractivity contribution in [2.75, 3.05) is 24.9 Å². The molecule has 0 aliphatic heterocycles. The van der Waals surface area contributed by atoms with Crippen molar-refractivity contribution < 1.29 is 18.7 Å². The van der Waals surface area contributed by atoms with Crippen LogP contribution in [-0.4, -0.2) is 20.1 Å². The van der Waals surface area contributed by atoms with Gasteiger partial charge in [-0.05, 0) is 48.5 Å². The zero-order valence-corrected chi connectivity index (χ0v) is 14.6. The summed E-state index contributed by atoms with van der Waals surface area (Å²) in [4.78, 5) is 12.5. The average molecular weight is 352 g/mol. The molecule has 0 spiro atoms. The van der Waals surface area contributed by atoms with E-state index in [0.717, 1.165) is 11.4 Å². The van der Waals surface area contributed by atoms with Crippen LogP contribution in [0.15, 0.2) is 65.3 Å². The van der Waals surface area contributed by atoms with E-state index in [2.05, 4.69) is 10.6 Å². The zero-order chi connectivity index (χ0) is 18.4. The standard InChI is InChI=1S/C20H20N2O4/c1-24-18-10-14(11-19(12-18)25-2)20(23)22-16-7-5-15(6-8-16)21-13-17-4-3-9-26-17/h3-12,21H,13H2,1-2H3,(H,22,23). The number of benzene rings is 2. The second-order valence-corrected chi connectivity index (χ2v) is 5.57. The van der Waals surface area contributed by atoms with Gasteiger partial charge in [-0.25, -0.2) is 0 Å². The Hall–Kier alpha value is -3.41. The number of anilines is 2. The molecule has 0 atom stereocenters. The van der Waals surface area contributed by atoms with Gasteiger partial charge in [0.2, 0.25) is 0 Å². The summed E-state index contributed by atoms with van der Waals surface area (Å²) in [6.07, 6.45) is 1.64. The molecule has 0 aliphatic carbocycles. The van der Waals surface area contributed by atoms with Gasteiger partial charge in [0, 0.05) is 23.0 Å². The van der Waals surface area contributed by atoms with E-state index in [1.807, 2.05) is 36.4 Å². The third kappa shape index (κ3) is 4.36. The molecule has 0 unspecified atom stereocenters. The molecule has 6 heteroatoms. The fraction of sp³-hybridized carbons (Fsp3) is 0.150. The SMILES string of the molecule is COc1cc(OC)cc(C(=O)Nc2ccc(NCc3ccco3)cc2)c1. The van der Waals surface area contributed by atoms with Crippen molar-refractivity contribution in [3.8, 4) is 11.5 Å². The molecule has 1 aromatic heterocycles. The minimum atomic E-state index is -0.238. The molecule has 0 saturated carbocycles. The van der Waals surface area contributed by atoms with Gasteiger partial charge in [0.15, 0.2) is 0 Å². The molecule has 2 aromatic carbocycles. The second kappa shape index (κ2) is 8.11. The van der Waals surface area contributed by atoms with Gasteiger partial charge in [-0.2, -0.15) is 0 Å². The van der Waals surface area contributed by atoms with Gasteiger partial charge in [-0.15, -0.1) is 0 Å². The van der Waals surface area contributed by atoms with E-state index in [1.54, 1.807) is 38.7 Å². The molecule has 0 saturated heterocycles. The first-order chi connectivity index (χ1) is 12.7. The van der Waals surface area contributed by atoms with Gasteiger partial charge in [-0.1, -0.05) is 0 Å². The third-order valence-corrected chi connectivity index (χ3v) is 3.80. The number of rotatable bonds is 7. The monoisotopic (exact) mass is 352 g/mol. The number of hydrogen-bond acceptors (Lipinski definition) is 5. The number of amides is 1. The fourth-order valence-corrected chi connectivity index (χ4v) is 2.42. The summed E-state index contributed by atoms with van der Waals surface area (Å²) in [5.74, 6) is 1.74. The van der Waals surface area contributed by atoms with Crippen molar-refractivity contribution in [3.63, 3.8) is 0 Å². The van der Waals surface area contributed by atoms with E-state index >= 15 is 0 Å². The van der Waals surface area contributed by atoms with Crippen LogP contribution in [0.25, 0.3) is 0 Å². The van der Waals surface area contributed by atoms with Crippen molar-refractivity contribution in [1.29, 1.82) is 0 Å². The number of carbonyl (C=O) groups is 1. The van der Waals surface area contributed by atoms with Gasteiger partial charge in [0.05, 0.1) is 27.0 Å². The summed E-state index contributed by atoms with van der Waals surface area (Å²) in [5, 5.41) is 6.11. The number of ether oxygens (including phenoxy) is 2. The van der Waals surface area contributed by atoms with Crippen LogP contribution >= 0.6 is 0 Å². The van der Waals surface area contributed by atoms with Crippen LogP contribution in [0.2, 0.25) is 0 Å². The molecule has 134 valence electrons. The zero-order valence-electron chi connectivity index (χ0n) is 14.6. The maximum Gasteiger partial charge on any atom is 0.255 e. The van der Waals surface area contributed by atoms with Crippen LogP contribution in [0, 0.1) is 0 Å². The molecule has 2 N–H and O–H groups in total. The first-order valence-electron chi connectivity index (χ1n) is 8.08. The lowest BCUT2D eigenvalue weighted by molar-refractivity contribution is 0.102. The Bertz CT molecular complexity index is 836. The summed E-state index contributed by atoms with van der Waals surface area (Å²) in [7, 11) is 3.09. The molecule has 3 rings (SSSR count). The smallest absolute Gasteiger partial charge is 0.255 e. The highest BCUT2D eigenvalue weighted by Gasteiger charge is 2.10. The van der Waals surface area contributed by atoms with Gasteiger partial charge < -0.3 is 24.5 Å². The number of carbonyl (C=O) groups excluding carboxylic acids is 1. The van der Waals surface area contributed by atoms with Crippen molar-refractivity contribution in [2.24, 2.45) is 0 Å². The predicted octanol–water partition coefficient (Wildman–Crippen LogP) is 4.16. The van der Waals surface area contributed by atoms with Gasteiger partial charge in [0.25, 0.3) is 5.91 Å². The van der Waals surface area contributed by atoms with E-state index < -0.39 is 0 Å². The predicted molar refractivity (Wildman–Crippen MR) is 100.0 cm³/mol. The molecular formula is C20H20N2O4. The molecule has 1 heterocycles. The van der Waals surface area contributed by atoms with Crippen LogP contribution in [-0.2, 0) is 6.54 Å². The Morgan fingerprint density at radius 2 is 1.62 bits per heavy atom. The lowest BCUT2D eigenvalue weighted by atomic mass is 10.1. The molecule has 6 nitrogen and oxygen atoms in total. The second-order valence-electron chi connectivity index (χ2n) is 5.57. The van der Waals surface area contributed by atoms with E-state index in [0.29, 0.717) is 29.3 Å². The molecule has 3 aromatic rings. The van der Waals surface area contributed by atoms with Crippen LogP contribution in [0.5, 0.6) is 11.5 Å². The maximum absolute atomic E-state index is 12.5. The highest BCUT2D eigenvalue weighted by Crippen LogP contribution is 2.23. The van der Waals surface area contributed by atoms with Crippen molar-refractivity contribution in [2.45, 2.75) is 6.54 Å². The molecular weight excluding hydrogens is 332 g/mol. The lowest BCUT2D eigenvalue weighted by Gasteiger charge is -2.10. The summed E-state index contributed by atoms with van der Waals surface area (Å²) < 4.78 is 15.7. The Balaban J connectivity index is 1.64. The number of methoxy groups -OCH3 is 2. The van der Waals surface area contributed by atoms with Crippen LogP contribution in [0.4, 0.5) is 11.4 Å². The Labute approximate surface area is 151 Å². The molecule has 0 fully saturated rings. The fourth-order valence-electron chi connectivity index (χ4n) is 2.42. The minimum absolute atomic E-state index is 0.238. The summed E-state index contributed by atoms with van der Waals surface area (Å²) in [6.45, 7) is 0.600. The van der Waals surface area contributed by atoms with Crippen molar-refractivity contribution in [1.82, 2.24) is 0 Å². The highest BCUT2D eigenvalue weighted by atomic mass is 16.5. The quantitative estimate of drug-likeness (QED) is 0.668. The van der Waals surface area contributed by atoms with E-state index in [9.17, 15) is 4.79 Å². The number of hydrogen-bond donors (Lipinski definition) is 2. The van der Waals surface area contributed by atoms with E-state index in [1.165, 1.54) is 0 Å². The van der Waals surface area contributed by atoms with Crippen molar-refractivity contribution >= 4 is 17.3 Å². The van der Waals surface area contributed by atoms with Crippen molar-refractivity contribution in [3.05, 3.63) is 72.2 Å². The Kier molecular flexibility index (Phi) is 5.43. The summed E-state index contributed by atoms with van der Waals surface area (Å²) in [6, 6.07) is 16.3. The average Bonchev–Trinajstić information content (AvgIpc) is 3.20. The number of furan rings is 1. The maximum atomic E-state index is 12.5. The van der Waals surface area contributed by atoms with Gasteiger partial charge >= 0.3 is 0 Å². The largest absolute Gasteiger partial charge is 0.497 e. The van der Waals surface area contributed by atoms with Crippen LogP contribution in [0.3, 0.4) is 0 Å². The van der Waals surface area contributed by atoms with E-state index in [4.69, 9.17) is 13.9 Å². The topological polar surface area (TPSA) is 72.7 Å². The molecule has 0 bridgehead atoms. The normalized spacial score (nSPS) is 10.2. The molecule has 0 aliphatic rings. The lowest BCUT2D eigenvalue weighted by Crippen LogP contribution is -2.12. The molecule has 1 amide bonds. The van der Waals surface area contributed by atoms with Crippen LogP contribution in [0.1, 0.15) is 16.1 Å². The highest BCUT2D eigenvalue weighted by molar-refractivity contribution is 6.04.